The maximum atomic E-state index is 12.4. The molecule has 1 aromatic heterocycles. The molecule has 0 radical (unpaired) electrons. The van der Waals surface area contributed by atoms with Crippen molar-refractivity contribution < 1.29 is 9.47 Å². The molecule has 0 saturated heterocycles. The van der Waals surface area contributed by atoms with Crippen LogP contribution in [0.2, 0.25) is 0 Å². The highest BCUT2D eigenvalue weighted by Crippen LogP contribution is 2.29. The van der Waals surface area contributed by atoms with E-state index in [0.29, 0.717) is 19.8 Å². The van der Waals surface area contributed by atoms with Crippen LogP contribution in [0.5, 0.6) is 5.75 Å². The van der Waals surface area contributed by atoms with Crippen molar-refractivity contribution in [1.82, 2.24) is 4.57 Å². The normalized spacial score (nSPS) is 10.6. The molecule has 118 valence electrons. The Bertz CT molecular complexity index is 680. The van der Waals surface area contributed by atoms with Gasteiger partial charge in [-0.15, -0.1) is 0 Å². The van der Waals surface area contributed by atoms with Crippen molar-refractivity contribution in [2.45, 2.75) is 19.9 Å². The quantitative estimate of drug-likeness (QED) is 0.798. The summed E-state index contributed by atoms with van der Waals surface area (Å²) in [6.45, 7) is 3.65. The van der Waals surface area contributed by atoms with Crippen LogP contribution in [0, 0.1) is 0 Å². The molecule has 2 aromatic rings. The Balaban J connectivity index is 2.50. The highest BCUT2D eigenvalue weighted by Gasteiger charge is 2.12. The molecular weight excluding hydrogens is 280 g/mol. The summed E-state index contributed by atoms with van der Waals surface area (Å²) in [7, 11) is 1.65. The summed E-state index contributed by atoms with van der Waals surface area (Å²) in [5.74, 6) is 0.759. The van der Waals surface area contributed by atoms with E-state index in [4.69, 9.17) is 15.2 Å². The average molecular weight is 302 g/mol. The van der Waals surface area contributed by atoms with E-state index in [0.717, 1.165) is 23.4 Å². The number of rotatable bonds is 7. The summed E-state index contributed by atoms with van der Waals surface area (Å²) < 4.78 is 12.4. The van der Waals surface area contributed by atoms with Crippen LogP contribution in [-0.4, -0.2) is 24.9 Å². The molecular formula is C17H22N2O3. The second-order valence-corrected chi connectivity index (χ2v) is 4.91. The van der Waals surface area contributed by atoms with Crippen molar-refractivity contribution in [2.24, 2.45) is 0 Å². The van der Waals surface area contributed by atoms with Gasteiger partial charge in [-0.1, -0.05) is 12.1 Å². The fraction of sp³-hybridized carbons (Fsp3) is 0.353. The summed E-state index contributed by atoms with van der Waals surface area (Å²) in [4.78, 5) is 12.4. The number of methoxy groups -OCH3 is 1. The third kappa shape index (κ3) is 3.49. The maximum absolute atomic E-state index is 12.4. The van der Waals surface area contributed by atoms with Gasteiger partial charge in [0.25, 0.3) is 5.56 Å². The fourth-order valence-electron chi connectivity index (χ4n) is 2.38. The molecule has 1 heterocycles. The summed E-state index contributed by atoms with van der Waals surface area (Å²) >= 11 is 0. The Morgan fingerprint density at radius 3 is 2.68 bits per heavy atom. The molecule has 0 fully saturated rings. The minimum absolute atomic E-state index is 0.181. The lowest BCUT2D eigenvalue weighted by molar-refractivity contribution is 0.190. The van der Waals surface area contributed by atoms with E-state index in [-0.39, 0.29) is 11.2 Å². The molecule has 0 aliphatic carbocycles. The molecule has 0 unspecified atom stereocenters. The number of pyridine rings is 1. The van der Waals surface area contributed by atoms with Crippen LogP contribution in [0.15, 0.2) is 41.2 Å². The van der Waals surface area contributed by atoms with E-state index in [1.165, 1.54) is 0 Å². The molecule has 0 aliphatic rings. The molecule has 0 bridgehead atoms. The second kappa shape index (κ2) is 7.66. The molecule has 2 rings (SSSR count). The van der Waals surface area contributed by atoms with Gasteiger partial charge in [-0.05, 0) is 37.6 Å². The highest BCUT2D eigenvalue weighted by atomic mass is 16.5. The first-order valence-electron chi connectivity index (χ1n) is 7.39. The standard InChI is InChI=1S/C17H22N2O3/c1-3-22-16-8-5-4-7-13(16)15-10-9-14(18)17(20)19(15)11-6-12-21-2/h4-5,7-10H,3,6,11-12,18H2,1-2H3. The zero-order valence-corrected chi connectivity index (χ0v) is 13.0. The van der Waals surface area contributed by atoms with Crippen molar-refractivity contribution in [2.75, 3.05) is 26.1 Å². The van der Waals surface area contributed by atoms with E-state index in [1.54, 1.807) is 17.7 Å². The van der Waals surface area contributed by atoms with E-state index < -0.39 is 0 Å². The third-order valence-electron chi connectivity index (χ3n) is 3.40. The summed E-state index contributed by atoms with van der Waals surface area (Å²) in [6.07, 6.45) is 0.740. The van der Waals surface area contributed by atoms with Gasteiger partial charge in [0, 0.05) is 25.8 Å². The number of nitrogens with two attached hydrogens (primary N) is 1. The van der Waals surface area contributed by atoms with Gasteiger partial charge in [-0.25, -0.2) is 0 Å². The molecule has 0 atom stereocenters. The van der Waals surface area contributed by atoms with Crippen molar-refractivity contribution in [3.8, 4) is 17.0 Å². The molecule has 5 heteroatoms. The Kier molecular flexibility index (Phi) is 5.61. The lowest BCUT2D eigenvalue weighted by Gasteiger charge is -2.16. The summed E-state index contributed by atoms with van der Waals surface area (Å²) in [5, 5.41) is 0. The molecule has 2 N–H and O–H groups in total. The minimum atomic E-state index is -0.181. The van der Waals surface area contributed by atoms with Gasteiger partial charge in [0.2, 0.25) is 0 Å². The lowest BCUT2D eigenvalue weighted by Crippen LogP contribution is -2.25. The number of nitrogen functional groups attached to an aromatic ring is 1. The van der Waals surface area contributed by atoms with Crippen LogP contribution in [0.25, 0.3) is 11.3 Å². The van der Waals surface area contributed by atoms with E-state index >= 15 is 0 Å². The number of ether oxygens (including phenoxy) is 2. The zero-order chi connectivity index (χ0) is 15.9. The van der Waals surface area contributed by atoms with Gasteiger partial charge < -0.3 is 19.8 Å². The molecule has 0 saturated carbocycles. The molecule has 0 amide bonds. The summed E-state index contributed by atoms with van der Waals surface area (Å²) in [6, 6.07) is 11.2. The Labute approximate surface area is 130 Å². The van der Waals surface area contributed by atoms with Gasteiger partial charge in [-0.3, -0.25) is 4.79 Å². The first-order valence-corrected chi connectivity index (χ1v) is 7.39. The highest BCUT2D eigenvalue weighted by molar-refractivity contribution is 5.68. The summed E-state index contributed by atoms with van der Waals surface area (Å²) in [5.41, 5.74) is 7.53. The fourth-order valence-corrected chi connectivity index (χ4v) is 2.38. The topological polar surface area (TPSA) is 66.5 Å². The Morgan fingerprint density at radius 1 is 1.18 bits per heavy atom. The number of hydrogen-bond acceptors (Lipinski definition) is 4. The number of nitrogens with zero attached hydrogens (tertiary/aromatic N) is 1. The van der Waals surface area contributed by atoms with Crippen LogP contribution >= 0.6 is 0 Å². The number of hydrogen-bond donors (Lipinski definition) is 1. The van der Waals surface area contributed by atoms with Gasteiger partial charge in [0.05, 0.1) is 18.0 Å². The van der Waals surface area contributed by atoms with Crippen LogP contribution in [0.1, 0.15) is 13.3 Å². The number of benzene rings is 1. The van der Waals surface area contributed by atoms with E-state index in [1.807, 2.05) is 37.3 Å². The molecule has 1 aromatic carbocycles. The van der Waals surface area contributed by atoms with Crippen LogP contribution in [0.4, 0.5) is 5.69 Å². The lowest BCUT2D eigenvalue weighted by atomic mass is 10.1. The van der Waals surface area contributed by atoms with Crippen LogP contribution < -0.4 is 16.0 Å². The first kappa shape index (κ1) is 16.1. The Hall–Kier alpha value is -2.27. The third-order valence-corrected chi connectivity index (χ3v) is 3.40. The first-order chi connectivity index (χ1) is 10.7. The maximum Gasteiger partial charge on any atom is 0.274 e. The molecule has 0 spiro atoms. The van der Waals surface area contributed by atoms with Crippen molar-refractivity contribution in [3.63, 3.8) is 0 Å². The Morgan fingerprint density at radius 2 is 1.95 bits per heavy atom. The number of para-hydroxylation sites is 1. The van der Waals surface area contributed by atoms with Crippen molar-refractivity contribution in [3.05, 3.63) is 46.8 Å². The molecule has 5 nitrogen and oxygen atoms in total. The largest absolute Gasteiger partial charge is 0.493 e. The smallest absolute Gasteiger partial charge is 0.274 e. The number of aromatic nitrogens is 1. The molecule has 0 aliphatic heterocycles. The van der Waals surface area contributed by atoms with E-state index in [2.05, 4.69) is 0 Å². The predicted molar refractivity (Wildman–Crippen MR) is 88.2 cm³/mol. The van der Waals surface area contributed by atoms with Gasteiger partial charge in [0.15, 0.2) is 0 Å². The van der Waals surface area contributed by atoms with E-state index in [9.17, 15) is 4.79 Å². The number of anilines is 1. The van der Waals surface area contributed by atoms with Gasteiger partial charge in [-0.2, -0.15) is 0 Å². The molecule has 22 heavy (non-hydrogen) atoms. The van der Waals surface area contributed by atoms with Crippen molar-refractivity contribution in [1.29, 1.82) is 0 Å². The van der Waals surface area contributed by atoms with Crippen LogP contribution in [0.3, 0.4) is 0 Å². The van der Waals surface area contributed by atoms with Crippen LogP contribution in [-0.2, 0) is 11.3 Å². The van der Waals surface area contributed by atoms with Gasteiger partial charge in [0.1, 0.15) is 5.75 Å². The van der Waals surface area contributed by atoms with Crippen molar-refractivity contribution >= 4 is 5.69 Å². The SMILES string of the molecule is CCOc1ccccc1-c1ccc(N)c(=O)n1CCCOC. The second-order valence-electron chi connectivity index (χ2n) is 4.91. The zero-order valence-electron chi connectivity index (χ0n) is 13.0. The minimum Gasteiger partial charge on any atom is -0.493 e. The predicted octanol–water partition coefficient (Wildman–Crippen LogP) is 2.53. The average Bonchev–Trinajstić information content (AvgIpc) is 2.53. The van der Waals surface area contributed by atoms with Gasteiger partial charge >= 0.3 is 0 Å². The monoisotopic (exact) mass is 302 g/mol.